The fourth-order valence-electron chi connectivity index (χ4n) is 11.7. The molecular weight excluding hydrogens is 977 g/mol. The van der Waals surface area contributed by atoms with E-state index in [2.05, 4.69) is 125 Å². The van der Waals surface area contributed by atoms with Gasteiger partial charge in [-0.25, -0.2) is 0 Å². The van der Waals surface area contributed by atoms with Crippen LogP contribution in [0.4, 0.5) is 0 Å². The molecule has 3 N–H and O–H groups in total. The third-order valence-electron chi connectivity index (χ3n) is 16.1. The van der Waals surface area contributed by atoms with Gasteiger partial charge in [-0.3, -0.25) is 29.2 Å². The first-order valence-electron chi connectivity index (χ1n) is 27.7. The molecule has 0 amide bonds. The molecule has 2 aliphatic rings. The summed E-state index contributed by atoms with van der Waals surface area (Å²) < 4.78 is 0. The van der Waals surface area contributed by atoms with Crippen LogP contribution >= 0.6 is 0 Å². The number of aliphatic hydroxyl groups is 2. The molecule has 10 rings (SSSR count). The number of carboxylic acids is 1. The SMILES string of the molecule is C=C(O)C(c1ccc(-c2ccccc2)cc1)N1CCN(C(C(=C)O)c2ccc(-c3ccccc3)cc2)CCN(C(C(=O)C2CCC2)c2ccc(-c3ccccc3)cc2)CCN(C(C(=O)O)c2ccc(-c3ccccc3)cc2)CC1. The minimum atomic E-state index is -1.04. The minimum Gasteiger partial charge on any atom is -0.511 e. The smallest absolute Gasteiger partial charge is 0.325 e. The number of hydrogen-bond acceptors (Lipinski definition) is 8. The molecule has 1 saturated heterocycles. The van der Waals surface area contributed by atoms with E-state index in [0.29, 0.717) is 57.9 Å². The molecule has 1 aliphatic heterocycles. The molecule has 1 saturated carbocycles. The van der Waals surface area contributed by atoms with Gasteiger partial charge in [0.1, 0.15) is 17.6 Å². The number of benzene rings is 8. The summed E-state index contributed by atoms with van der Waals surface area (Å²) in [4.78, 5) is 37.9. The first kappa shape index (κ1) is 54.2. The van der Waals surface area contributed by atoms with Crippen molar-refractivity contribution >= 4 is 11.8 Å². The molecule has 400 valence electrons. The zero-order chi connectivity index (χ0) is 54.7. The third kappa shape index (κ3) is 12.9. The number of carbonyl (C=O) groups excluding carboxylic acids is 1. The quantitative estimate of drug-likeness (QED) is 0.0769. The summed E-state index contributed by atoms with van der Waals surface area (Å²) in [6, 6.07) is 70.3. The van der Waals surface area contributed by atoms with Crippen LogP contribution in [0.15, 0.2) is 243 Å². The summed E-state index contributed by atoms with van der Waals surface area (Å²) >= 11 is 0. The molecule has 0 radical (unpaired) electrons. The maximum Gasteiger partial charge on any atom is 0.325 e. The number of carboxylic acid groups (broad SMARTS) is 1. The number of rotatable bonds is 17. The summed E-state index contributed by atoms with van der Waals surface area (Å²) in [6.45, 7) is 11.3. The van der Waals surface area contributed by atoms with Crippen molar-refractivity contribution in [3.8, 4) is 44.5 Å². The van der Waals surface area contributed by atoms with Gasteiger partial charge in [0, 0.05) is 58.3 Å². The second-order valence-electron chi connectivity index (χ2n) is 21.1. The molecule has 8 aromatic rings. The number of nitrogens with zero attached hydrogens (tertiary/aromatic N) is 4. The molecule has 9 heteroatoms. The number of aliphatic hydroxyl groups excluding tert-OH is 2. The van der Waals surface area contributed by atoms with Crippen molar-refractivity contribution < 1.29 is 24.9 Å². The lowest BCUT2D eigenvalue weighted by Crippen LogP contribution is -2.51. The first-order valence-corrected chi connectivity index (χ1v) is 27.7. The van der Waals surface area contributed by atoms with E-state index in [1.54, 1.807) is 0 Å². The minimum absolute atomic E-state index is 0.00960. The Kier molecular flexibility index (Phi) is 17.5. The Morgan fingerprint density at radius 2 is 0.557 bits per heavy atom. The van der Waals surface area contributed by atoms with Crippen LogP contribution < -0.4 is 0 Å². The second kappa shape index (κ2) is 25.5. The zero-order valence-corrected chi connectivity index (χ0v) is 44.8. The summed E-state index contributed by atoms with van der Waals surface area (Å²) in [5, 5.41) is 35.0. The summed E-state index contributed by atoms with van der Waals surface area (Å²) in [5.74, 6) is -0.947. The predicted molar refractivity (Wildman–Crippen MR) is 318 cm³/mol. The van der Waals surface area contributed by atoms with E-state index in [1.165, 1.54) is 0 Å². The fraction of sp³-hybridized carbons (Fsp3) is 0.229. The first-order chi connectivity index (χ1) is 38.6. The van der Waals surface area contributed by atoms with E-state index < -0.39 is 30.1 Å². The highest BCUT2D eigenvalue weighted by Gasteiger charge is 2.38. The maximum absolute atomic E-state index is 15.2. The molecule has 0 bridgehead atoms. The predicted octanol–water partition coefficient (Wildman–Crippen LogP) is 14.4. The van der Waals surface area contributed by atoms with Gasteiger partial charge < -0.3 is 15.3 Å². The van der Waals surface area contributed by atoms with Crippen molar-refractivity contribution in [3.63, 3.8) is 0 Å². The van der Waals surface area contributed by atoms with Gasteiger partial charge in [0.2, 0.25) is 0 Å². The van der Waals surface area contributed by atoms with Crippen molar-refractivity contribution in [2.75, 3.05) is 52.4 Å². The van der Waals surface area contributed by atoms with Gasteiger partial charge in [-0.1, -0.05) is 238 Å². The normalized spacial score (nSPS) is 17.0. The molecule has 1 aliphatic carbocycles. The summed E-state index contributed by atoms with van der Waals surface area (Å²) in [5.41, 5.74) is 11.6. The van der Waals surface area contributed by atoms with Gasteiger partial charge in [-0.2, -0.15) is 0 Å². The third-order valence-corrected chi connectivity index (χ3v) is 16.1. The van der Waals surface area contributed by atoms with E-state index in [0.717, 1.165) is 80.5 Å². The highest BCUT2D eigenvalue weighted by molar-refractivity contribution is 5.88. The van der Waals surface area contributed by atoms with Gasteiger partial charge in [-0.15, -0.1) is 0 Å². The van der Waals surface area contributed by atoms with Crippen molar-refractivity contribution in [1.29, 1.82) is 0 Å². The van der Waals surface area contributed by atoms with Crippen molar-refractivity contribution in [1.82, 2.24) is 19.6 Å². The Bertz CT molecular complexity index is 3160. The number of aliphatic carboxylic acids is 1. The van der Waals surface area contributed by atoms with Gasteiger partial charge in [0.15, 0.2) is 5.78 Å². The Morgan fingerprint density at radius 1 is 0.329 bits per heavy atom. The molecule has 0 spiro atoms. The fourth-order valence-corrected chi connectivity index (χ4v) is 11.7. The van der Waals surface area contributed by atoms with Crippen LogP contribution in [0.25, 0.3) is 44.5 Å². The van der Waals surface area contributed by atoms with Gasteiger partial charge in [0.25, 0.3) is 0 Å². The van der Waals surface area contributed by atoms with E-state index in [9.17, 15) is 20.1 Å². The summed E-state index contributed by atoms with van der Waals surface area (Å²) in [7, 11) is 0. The lowest BCUT2D eigenvalue weighted by Gasteiger charge is -2.42. The van der Waals surface area contributed by atoms with E-state index >= 15 is 4.79 Å². The van der Waals surface area contributed by atoms with Crippen LogP contribution in [0, 0.1) is 5.92 Å². The molecular formula is C70H70N4O5. The van der Waals surface area contributed by atoms with Gasteiger partial charge in [-0.05, 0) is 79.6 Å². The van der Waals surface area contributed by atoms with Gasteiger partial charge in [0.05, 0.1) is 18.1 Å². The average Bonchev–Trinajstić information content (AvgIpc) is 3.48. The van der Waals surface area contributed by atoms with Crippen molar-refractivity contribution in [3.05, 3.63) is 265 Å². The molecule has 4 unspecified atom stereocenters. The lowest BCUT2D eigenvalue weighted by atomic mass is 9.78. The van der Waals surface area contributed by atoms with Crippen LogP contribution in [0.3, 0.4) is 0 Å². The van der Waals surface area contributed by atoms with Crippen LogP contribution in [-0.4, -0.2) is 99.0 Å². The molecule has 2 fully saturated rings. The topological polar surface area (TPSA) is 108 Å². The van der Waals surface area contributed by atoms with E-state index in [1.807, 2.05) is 126 Å². The van der Waals surface area contributed by atoms with Crippen molar-refractivity contribution in [2.24, 2.45) is 5.92 Å². The number of ketones is 1. The molecule has 79 heavy (non-hydrogen) atoms. The lowest BCUT2D eigenvalue weighted by molar-refractivity contribution is -0.144. The largest absolute Gasteiger partial charge is 0.511 e. The summed E-state index contributed by atoms with van der Waals surface area (Å²) in [6.07, 6.45) is 2.66. The highest BCUT2D eigenvalue weighted by Crippen LogP contribution is 2.38. The van der Waals surface area contributed by atoms with Crippen LogP contribution in [0.5, 0.6) is 0 Å². The Hall–Kier alpha value is -8.18. The number of carbonyl (C=O) groups is 2. The van der Waals surface area contributed by atoms with E-state index in [4.69, 9.17) is 0 Å². The molecule has 4 atom stereocenters. The standard InChI is InChI=1S/C70H70N4O5/c1-50(75)65(60-34-26-56(27-35-60)52-16-7-3-8-17-52)71-42-43-72(66(51(2)76)61-36-28-57(29-37-61)53-18-9-4-10-19-53)45-48-74(68(70(78)79)63-40-32-59(33-41-63)55-22-13-6-14-23-55)49-47-73(46-44-71)67(69(77)64-24-15-25-64)62-38-30-58(31-39-62)54-20-11-5-12-21-54/h3-14,16-23,26-41,64-68,75-76H,1-2,15,24-25,42-49H2,(H,78,79). The molecule has 1 heterocycles. The molecule has 9 nitrogen and oxygen atoms in total. The Morgan fingerprint density at radius 3 is 0.797 bits per heavy atom. The molecule has 0 aromatic heterocycles. The van der Waals surface area contributed by atoms with E-state index in [-0.39, 0.29) is 23.2 Å². The van der Waals surface area contributed by atoms with Crippen LogP contribution in [0.1, 0.15) is 65.7 Å². The van der Waals surface area contributed by atoms with Crippen LogP contribution in [0.2, 0.25) is 0 Å². The monoisotopic (exact) mass is 1050 g/mol. The number of hydrogen-bond donors (Lipinski definition) is 3. The van der Waals surface area contributed by atoms with Crippen LogP contribution in [-0.2, 0) is 9.59 Å². The maximum atomic E-state index is 15.2. The highest BCUT2D eigenvalue weighted by atomic mass is 16.4. The van der Waals surface area contributed by atoms with Gasteiger partial charge >= 0.3 is 5.97 Å². The van der Waals surface area contributed by atoms with Crippen molar-refractivity contribution in [2.45, 2.75) is 43.4 Å². The zero-order valence-electron chi connectivity index (χ0n) is 44.8. The Balaban J connectivity index is 1.06. The molecule has 8 aromatic carbocycles. The average molecular weight is 1050 g/mol. The Labute approximate surface area is 465 Å². The second-order valence-corrected chi connectivity index (χ2v) is 21.1. The number of Topliss-reactive ketones (excluding diaryl/α,β-unsaturated/α-hetero) is 1.